The van der Waals surface area contributed by atoms with Gasteiger partial charge < -0.3 is 5.73 Å². The quantitative estimate of drug-likeness (QED) is 0.834. The first-order valence-corrected chi connectivity index (χ1v) is 7.28. The maximum Gasteiger partial charge on any atom is 0.123 e. The highest BCUT2D eigenvalue weighted by atomic mass is 32.2. The Morgan fingerprint density at radius 3 is 2.68 bits per heavy atom. The van der Waals surface area contributed by atoms with Crippen LogP contribution in [-0.4, -0.2) is 0 Å². The first-order chi connectivity index (χ1) is 9.06. The fraction of sp³-hybridized carbons (Fsp3) is 0.250. The molecule has 0 heterocycles. The van der Waals surface area contributed by atoms with E-state index >= 15 is 0 Å². The molecule has 0 saturated carbocycles. The summed E-state index contributed by atoms with van der Waals surface area (Å²) in [6, 6.07) is 13.1. The van der Waals surface area contributed by atoms with Crippen LogP contribution >= 0.6 is 11.8 Å². The minimum absolute atomic E-state index is 0.157. The molecule has 0 aliphatic rings. The Bertz CT molecular complexity index is 566. The van der Waals surface area contributed by atoms with Crippen molar-refractivity contribution in [1.29, 1.82) is 0 Å². The number of hydrogen-bond donors (Lipinski definition) is 1. The van der Waals surface area contributed by atoms with Gasteiger partial charge in [0.25, 0.3) is 0 Å². The molecule has 0 amide bonds. The Labute approximate surface area is 118 Å². The van der Waals surface area contributed by atoms with Crippen LogP contribution in [-0.2, 0) is 5.75 Å². The van der Waals surface area contributed by atoms with Crippen molar-refractivity contribution >= 4 is 11.8 Å². The highest BCUT2D eigenvalue weighted by Gasteiger charge is 2.09. The smallest absolute Gasteiger partial charge is 0.123 e. The highest BCUT2D eigenvalue weighted by molar-refractivity contribution is 7.98. The number of hydrogen-bond acceptors (Lipinski definition) is 2. The molecule has 1 unspecified atom stereocenters. The molecule has 2 aromatic rings. The van der Waals surface area contributed by atoms with Crippen LogP contribution in [0.1, 0.15) is 29.7 Å². The number of nitrogens with two attached hydrogens (primary N) is 1. The van der Waals surface area contributed by atoms with Gasteiger partial charge in [-0.25, -0.2) is 4.39 Å². The van der Waals surface area contributed by atoms with Crippen LogP contribution in [0.15, 0.2) is 47.4 Å². The van der Waals surface area contributed by atoms with Crippen LogP contribution in [0, 0.1) is 12.7 Å². The first-order valence-electron chi connectivity index (χ1n) is 6.29. The van der Waals surface area contributed by atoms with Crippen molar-refractivity contribution in [2.24, 2.45) is 5.73 Å². The summed E-state index contributed by atoms with van der Waals surface area (Å²) in [5.74, 6) is 0.639. The van der Waals surface area contributed by atoms with Crippen molar-refractivity contribution < 1.29 is 4.39 Å². The zero-order valence-electron chi connectivity index (χ0n) is 11.2. The van der Waals surface area contributed by atoms with Crippen molar-refractivity contribution in [2.45, 2.75) is 30.5 Å². The van der Waals surface area contributed by atoms with E-state index in [-0.39, 0.29) is 11.9 Å². The molecule has 100 valence electrons. The van der Waals surface area contributed by atoms with Gasteiger partial charge in [-0.3, -0.25) is 0 Å². The van der Waals surface area contributed by atoms with E-state index in [2.05, 4.69) is 31.2 Å². The topological polar surface area (TPSA) is 26.0 Å². The van der Waals surface area contributed by atoms with Crippen molar-refractivity contribution in [1.82, 2.24) is 0 Å². The van der Waals surface area contributed by atoms with E-state index in [1.54, 1.807) is 11.8 Å². The number of benzene rings is 2. The van der Waals surface area contributed by atoms with E-state index in [1.165, 1.54) is 23.3 Å². The second kappa shape index (κ2) is 6.22. The van der Waals surface area contributed by atoms with Crippen LogP contribution in [0.2, 0.25) is 0 Å². The van der Waals surface area contributed by atoms with Gasteiger partial charge in [0.2, 0.25) is 0 Å². The average molecular weight is 275 g/mol. The third-order valence-corrected chi connectivity index (χ3v) is 4.10. The minimum Gasteiger partial charge on any atom is -0.324 e. The molecule has 2 N–H and O–H groups in total. The van der Waals surface area contributed by atoms with E-state index in [9.17, 15) is 4.39 Å². The second-order valence-corrected chi connectivity index (χ2v) is 5.77. The zero-order valence-corrected chi connectivity index (χ0v) is 12.0. The Kier molecular flexibility index (Phi) is 4.61. The van der Waals surface area contributed by atoms with Crippen LogP contribution in [0.5, 0.6) is 0 Å². The minimum atomic E-state index is -0.229. The van der Waals surface area contributed by atoms with Crippen molar-refractivity contribution in [3.63, 3.8) is 0 Å². The van der Waals surface area contributed by atoms with E-state index in [4.69, 9.17) is 5.73 Å². The van der Waals surface area contributed by atoms with Crippen LogP contribution < -0.4 is 5.73 Å². The zero-order chi connectivity index (χ0) is 13.8. The molecule has 0 fully saturated rings. The van der Waals surface area contributed by atoms with Crippen molar-refractivity contribution in [3.05, 3.63) is 65.0 Å². The van der Waals surface area contributed by atoms with E-state index in [1.807, 2.05) is 13.0 Å². The van der Waals surface area contributed by atoms with Gasteiger partial charge in [0, 0.05) is 16.7 Å². The maximum atomic E-state index is 13.3. The van der Waals surface area contributed by atoms with E-state index in [0.29, 0.717) is 0 Å². The summed E-state index contributed by atoms with van der Waals surface area (Å²) < 4.78 is 13.3. The lowest BCUT2D eigenvalue weighted by Crippen LogP contribution is -2.06. The molecule has 0 radical (unpaired) electrons. The normalized spacial score (nSPS) is 12.4. The Morgan fingerprint density at radius 2 is 2.00 bits per heavy atom. The molecule has 2 rings (SSSR count). The Hall–Kier alpha value is -1.32. The van der Waals surface area contributed by atoms with Crippen LogP contribution in [0.25, 0.3) is 0 Å². The van der Waals surface area contributed by atoms with Gasteiger partial charge >= 0.3 is 0 Å². The molecule has 0 spiro atoms. The van der Waals surface area contributed by atoms with Crippen molar-refractivity contribution in [2.75, 3.05) is 0 Å². The van der Waals surface area contributed by atoms with Gasteiger partial charge in [0.05, 0.1) is 0 Å². The van der Waals surface area contributed by atoms with E-state index < -0.39 is 0 Å². The van der Waals surface area contributed by atoms with Gasteiger partial charge in [-0.05, 0) is 43.2 Å². The summed E-state index contributed by atoms with van der Waals surface area (Å²) in [6.07, 6.45) is 0. The van der Waals surface area contributed by atoms with Gasteiger partial charge in [-0.1, -0.05) is 29.8 Å². The average Bonchev–Trinajstić information content (AvgIpc) is 2.37. The monoisotopic (exact) mass is 275 g/mol. The van der Waals surface area contributed by atoms with Gasteiger partial charge in [-0.15, -0.1) is 11.8 Å². The van der Waals surface area contributed by atoms with Gasteiger partial charge in [0.15, 0.2) is 0 Å². The number of aryl methyl sites for hydroxylation is 1. The molecule has 0 bridgehead atoms. The summed E-state index contributed by atoms with van der Waals surface area (Å²) in [6.45, 7) is 3.96. The third-order valence-electron chi connectivity index (χ3n) is 2.94. The predicted octanol–water partition coefficient (Wildman–Crippen LogP) is 4.45. The summed E-state index contributed by atoms with van der Waals surface area (Å²) in [4.78, 5) is 1.05. The van der Waals surface area contributed by atoms with Crippen molar-refractivity contribution in [3.8, 4) is 0 Å². The molecule has 0 saturated heterocycles. The lowest BCUT2D eigenvalue weighted by atomic mass is 10.1. The molecule has 19 heavy (non-hydrogen) atoms. The molecule has 1 atom stereocenters. The predicted molar refractivity (Wildman–Crippen MR) is 79.7 cm³/mol. The number of rotatable bonds is 4. The Morgan fingerprint density at radius 1 is 1.21 bits per heavy atom. The molecule has 0 aromatic heterocycles. The van der Waals surface area contributed by atoms with Crippen LogP contribution in [0.4, 0.5) is 4.39 Å². The Balaban J connectivity index is 2.15. The first kappa shape index (κ1) is 14.1. The molecular formula is C16H18FNS. The summed E-state index contributed by atoms with van der Waals surface area (Å²) in [5.41, 5.74) is 9.29. The SMILES string of the molecule is Cc1cccc(CSc2ccc(F)cc2C(C)N)c1. The maximum absolute atomic E-state index is 13.3. The lowest BCUT2D eigenvalue weighted by Gasteiger charge is -2.12. The number of thioether (sulfide) groups is 1. The van der Waals surface area contributed by atoms with Gasteiger partial charge in [-0.2, -0.15) is 0 Å². The van der Waals surface area contributed by atoms with E-state index in [0.717, 1.165) is 16.2 Å². The largest absolute Gasteiger partial charge is 0.324 e. The molecule has 3 heteroatoms. The molecule has 0 aliphatic heterocycles. The fourth-order valence-corrected chi connectivity index (χ4v) is 3.05. The fourth-order valence-electron chi connectivity index (χ4n) is 1.97. The molecular weight excluding hydrogens is 257 g/mol. The summed E-state index contributed by atoms with van der Waals surface area (Å²) in [5, 5.41) is 0. The van der Waals surface area contributed by atoms with Crippen LogP contribution in [0.3, 0.4) is 0 Å². The summed E-state index contributed by atoms with van der Waals surface area (Å²) >= 11 is 1.70. The molecule has 2 aromatic carbocycles. The number of halogens is 1. The standard InChI is InChI=1S/C16H18FNS/c1-11-4-3-5-13(8-11)10-19-16-7-6-14(17)9-15(16)12(2)18/h3-9,12H,10,18H2,1-2H3. The summed E-state index contributed by atoms with van der Waals surface area (Å²) in [7, 11) is 0. The van der Waals surface area contributed by atoms with Gasteiger partial charge in [0.1, 0.15) is 5.82 Å². The molecule has 1 nitrogen and oxygen atoms in total. The third kappa shape index (κ3) is 3.82. The second-order valence-electron chi connectivity index (χ2n) is 4.75. The highest BCUT2D eigenvalue weighted by Crippen LogP contribution is 2.30. The lowest BCUT2D eigenvalue weighted by molar-refractivity contribution is 0.619. The molecule has 0 aliphatic carbocycles.